The molecule has 2 N–H and O–H groups in total. The Morgan fingerprint density at radius 1 is 1.22 bits per heavy atom. The molecule has 0 aliphatic carbocycles. The number of carbonyl (C=O) groups is 1. The van der Waals surface area contributed by atoms with Crippen LogP contribution in [-0.4, -0.2) is 43.7 Å². The van der Waals surface area contributed by atoms with E-state index in [0.29, 0.717) is 18.5 Å². The second-order valence-electron chi connectivity index (χ2n) is 6.48. The second-order valence-corrected chi connectivity index (χ2v) is 6.48. The number of hydrogen-bond donors (Lipinski definition) is 2. The van der Waals surface area contributed by atoms with Crippen molar-refractivity contribution in [3.05, 3.63) is 29.8 Å². The zero-order chi connectivity index (χ0) is 16.7. The van der Waals surface area contributed by atoms with Crippen LogP contribution >= 0.6 is 0 Å². The molecule has 0 bridgehead atoms. The molecule has 1 saturated heterocycles. The number of benzene rings is 1. The van der Waals surface area contributed by atoms with Crippen LogP contribution in [0.25, 0.3) is 0 Å². The minimum absolute atomic E-state index is 0.0906. The molecule has 1 aliphatic heterocycles. The van der Waals surface area contributed by atoms with Gasteiger partial charge in [-0.2, -0.15) is 0 Å². The van der Waals surface area contributed by atoms with Gasteiger partial charge in [-0.15, -0.1) is 0 Å². The zero-order valence-corrected chi connectivity index (χ0v) is 14.5. The van der Waals surface area contributed by atoms with Crippen molar-refractivity contribution in [2.45, 2.75) is 39.3 Å². The first-order valence-electron chi connectivity index (χ1n) is 8.47. The highest BCUT2D eigenvalue weighted by molar-refractivity contribution is 5.73. The minimum atomic E-state index is -0.0906. The van der Waals surface area contributed by atoms with Crippen LogP contribution in [0.4, 0.5) is 4.79 Å². The largest absolute Gasteiger partial charge is 0.497 e. The Hall–Kier alpha value is -1.75. The van der Waals surface area contributed by atoms with Gasteiger partial charge in [0, 0.05) is 19.1 Å². The number of urea groups is 1. The Labute approximate surface area is 139 Å². The minimum Gasteiger partial charge on any atom is -0.497 e. The number of nitrogens with one attached hydrogen (secondary N) is 2. The molecule has 0 aromatic heterocycles. The third-order valence-electron chi connectivity index (χ3n) is 4.54. The first kappa shape index (κ1) is 17.6. The van der Waals surface area contributed by atoms with E-state index < -0.39 is 0 Å². The fourth-order valence-corrected chi connectivity index (χ4v) is 2.90. The predicted molar refractivity (Wildman–Crippen MR) is 92.7 cm³/mol. The Kier molecular flexibility index (Phi) is 6.71. The smallest absolute Gasteiger partial charge is 0.315 e. The third kappa shape index (κ3) is 5.75. The SMILES string of the molecule is COc1ccc(CNC(=O)NCC2CCN(C(C)C)CC2)cc1. The van der Waals surface area contributed by atoms with E-state index in [0.717, 1.165) is 43.8 Å². The van der Waals surface area contributed by atoms with Crippen molar-refractivity contribution in [2.24, 2.45) is 5.92 Å². The number of ether oxygens (including phenoxy) is 1. The lowest BCUT2D eigenvalue weighted by Gasteiger charge is -2.34. The van der Waals surface area contributed by atoms with Crippen LogP contribution in [0, 0.1) is 5.92 Å². The summed E-state index contributed by atoms with van der Waals surface area (Å²) >= 11 is 0. The molecule has 1 fully saturated rings. The lowest BCUT2D eigenvalue weighted by molar-refractivity contribution is 0.148. The molecule has 1 aliphatic rings. The number of likely N-dealkylation sites (tertiary alicyclic amines) is 1. The Balaban J connectivity index is 1.63. The molecule has 5 nitrogen and oxygen atoms in total. The van der Waals surface area contributed by atoms with Gasteiger partial charge in [-0.3, -0.25) is 0 Å². The lowest BCUT2D eigenvalue weighted by atomic mass is 9.96. The van der Waals surface area contributed by atoms with Crippen LogP contribution in [0.3, 0.4) is 0 Å². The summed E-state index contributed by atoms with van der Waals surface area (Å²) in [6.07, 6.45) is 2.33. The summed E-state index contributed by atoms with van der Waals surface area (Å²) < 4.78 is 5.12. The van der Waals surface area contributed by atoms with Crippen molar-refractivity contribution < 1.29 is 9.53 Å². The number of rotatable bonds is 6. The van der Waals surface area contributed by atoms with Gasteiger partial charge < -0.3 is 20.3 Å². The van der Waals surface area contributed by atoms with Gasteiger partial charge in [-0.05, 0) is 63.4 Å². The van der Waals surface area contributed by atoms with Crippen molar-refractivity contribution >= 4 is 6.03 Å². The average Bonchev–Trinajstić information content (AvgIpc) is 2.59. The quantitative estimate of drug-likeness (QED) is 0.847. The summed E-state index contributed by atoms with van der Waals surface area (Å²) in [7, 11) is 1.65. The summed E-state index contributed by atoms with van der Waals surface area (Å²) in [5.74, 6) is 1.42. The summed E-state index contributed by atoms with van der Waals surface area (Å²) in [5.41, 5.74) is 1.06. The highest BCUT2D eigenvalue weighted by Crippen LogP contribution is 2.18. The number of piperidine rings is 1. The molecule has 5 heteroatoms. The number of methoxy groups -OCH3 is 1. The number of carbonyl (C=O) groups excluding carboxylic acids is 1. The Morgan fingerprint density at radius 3 is 2.43 bits per heavy atom. The van der Waals surface area contributed by atoms with Gasteiger partial charge >= 0.3 is 6.03 Å². The van der Waals surface area contributed by atoms with E-state index in [1.165, 1.54) is 0 Å². The van der Waals surface area contributed by atoms with Crippen LogP contribution in [0.5, 0.6) is 5.75 Å². The molecule has 1 aromatic carbocycles. The maximum Gasteiger partial charge on any atom is 0.315 e. The third-order valence-corrected chi connectivity index (χ3v) is 4.54. The van der Waals surface area contributed by atoms with E-state index in [1.807, 2.05) is 24.3 Å². The predicted octanol–water partition coefficient (Wildman–Crippen LogP) is 2.61. The van der Waals surface area contributed by atoms with E-state index in [1.54, 1.807) is 7.11 Å². The van der Waals surface area contributed by atoms with Gasteiger partial charge in [0.25, 0.3) is 0 Å². The molecule has 2 amide bonds. The maximum absolute atomic E-state index is 11.9. The maximum atomic E-state index is 11.9. The summed E-state index contributed by atoms with van der Waals surface area (Å²) in [4.78, 5) is 14.4. The van der Waals surface area contributed by atoms with E-state index in [-0.39, 0.29) is 6.03 Å². The van der Waals surface area contributed by atoms with Gasteiger partial charge in [0.05, 0.1) is 7.11 Å². The van der Waals surface area contributed by atoms with Crippen LogP contribution in [0.2, 0.25) is 0 Å². The summed E-state index contributed by atoms with van der Waals surface area (Å²) in [6, 6.07) is 8.25. The summed E-state index contributed by atoms with van der Waals surface area (Å²) in [6.45, 7) is 8.05. The van der Waals surface area contributed by atoms with E-state index in [2.05, 4.69) is 29.4 Å². The first-order valence-corrected chi connectivity index (χ1v) is 8.47. The van der Waals surface area contributed by atoms with E-state index in [9.17, 15) is 4.79 Å². The molecular formula is C18H29N3O2. The standard InChI is InChI=1S/C18H29N3O2/c1-14(2)21-10-8-16(9-11-21)13-20-18(22)19-12-15-4-6-17(23-3)7-5-15/h4-7,14,16H,8-13H2,1-3H3,(H2,19,20,22). The van der Waals surface area contributed by atoms with Crippen molar-refractivity contribution in [2.75, 3.05) is 26.7 Å². The van der Waals surface area contributed by atoms with Gasteiger partial charge in [-0.25, -0.2) is 4.79 Å². The van der Waals surface area contributed by atoms with Crippen LogP contribution in [0.1, 0.15) is 32.3 Å². The molecule has 23 heavy (non-hydrogen) atoms. The normalized spacial score (nSPS) is 16.3. The van der Waals surface area contributed by atoms with E-state index in [4.69, 9.17) is 4.74 Å². The fourth-order valence-electron chi connectivity index (χ4n) is 2.90. The molecule has 0 saturated carbocycles. The first-order chi connectivity index (χ1) is 11.1. The molecular weight excluding hydrogens is 290 g/mol. The van der Waals surface area contributed by atoms with Crippen LogP contribution < -0.4 is 15.4 Å². The Bertz CT molecular complexity index is 480. The number of nitrogens with zero attached hydrogens (tertiary/aromatic N) is 1. The van der Waals surface area contributed by atoms with E-state index >= 15 is 0 Å². The molecule has 0 radical (unpaired) electrons. The van der Waals surface area contributed by atoms with Crippen molar-refractivity contribution in [3.8, 4) is 5.75 Å². The van der Waals surface area contributed by atoms with Crippen molar-refractivity contribution in [1.29, 1.82) is 0 Å². The second kappa shape index (κ2) is 8.77. The topological polar surface area (TPSA) is 53.6 Å². The molecule has 2 rings (SSSR count). The molecule has 1 aromatic rings. The van der Waals surface area contributed by atoms with Gasteiger partial charge in [-0.1, -0.05) is 12.1 Å². The number of hydrogen-bond acceptors (Lipinski definition) is 3. The molecule has 0 spiro atoms. The molecule has 1 heterocycles. The fraction of sp³-hybridized carbons (Fsp3) is 0.611. The van der Waals surface area contributed by atoms with Gasteiger partial charge in [0.15, 0.2) is 0 Å². The van der Waals surface area contributed by atoms with Crippen molar-refractivity contribution in [1.82, 2.24) is 15.5 Å². The van der Waals surface area contributed by atoms with Crippen LogP contribution in [0.15, 0.2) is 24.3 Å². The Morgan fingerprint density at radius 2 is 1.87 bits per heavy atom. The van der Waals surface area contributed by atoms with Crippen LogP contribution in [-0.2, 0) is 6.54 Å². The molecule has 128 valence electrons. The monoisotopic (exact) mass is 319 g/mol. The number of amides is 2. The highest BCUT2D eigenvalue weighted by atomic mass is 16.5. The van der Waals surface area contributed by atoms with Gasteiger partial charge in [0.1, 0.15) is 5.75 Å². The van der Waals surface area contributed by atoms with Gasteiger partial charge in [0.2, 0.25) is 0 Å². The summed E-state index contributed by atoms with van der Waals surface area (Å²) in [5, 5.41) is 5.90. The molecule has 0 unspecified atom stereocenters. The lowest BCUT2D eigenvalue weighted by Crippen LogP contribution is -2.43. The zero-order valence-electron chi connectivity index (χ0n) is 14.5. The molecule has 0 atom stereocenters. The highest BCUT2D eigenvalue weighted by Gasteiger charge is 2.20. The average molecular weight is 319 g/mol. The van der Waals surface area contributed by atoms with Crippen molar-refractivity contribution in [3.63, 3.8) is 0 Å².